The Hall–Kier alpha value is -2.96. The lowest BCUT2D eigenvalue weighted by Gasteiger charge is -2.33. The summed E-state index contributed by atoms with van der Waals surface area (Å²) in [5.74, 6) is 2.99. The Kier molecular flexibility index (Phi) is 6.55. The quantitative estimate of drug-likeness (QED) is 0.348. The Morgan fingerprint density at radius 1 is 1.18 bits per heavy atom. The van der Waals surface area contributed by atoms with Crippen LogP contribution in [0.2, 0.25) is 0 Å². The third-order valence-corrected chi connectivity index (χ3v) is 7.21. The number of aromatic nitrogens is 5. The summed E-state index contributed by atoms with van der Waals surface area (Å²) in [5.41, 5.74) is 0. The third-order valence-electron chi connectivity index (χ3n) is 5.39. The first-order valence-electron chi connectivity index (χ1n) is 10.7. The van der Waals surface area contributed by atoms with E-state index in [2.05, 4.69) is 25.2 Å². The van der Waals surface area contributed by atoms with Crippen molar-refractivity contribution in [2.75, 3.05) is 31.9 Å². The van der Waals surface area contributed by atoms with Crippen molar-refractivity contribution in [2.24, 2.45) is 0 Å². The summed E-state index contributed by atoms with van der Waals surface area (Å²) in [4.78, 5) is 22.4. The van der Waals surface area contributed by atoms with Gasteiger partial charge in [-0.05, 0) is 30.5 Å². The molecule has 1 amide bonds. The Balaban J connectivity index is 1.11. The van der Waals surface area contributed by atoms with Gasteiger partial charge in [-0.3, -0.25) is 14.3 Å². The third kappa shape index (κ3) is 4.87. The van der Waals surface area contributed by atoms with Gasteiger partial charge in [-0.15, -0.1) is 21.5 Å². The monoisotopic (exact) mass is 485 g/mol. The van der Waals surface area contributed by atoms with Crippen LogP contribution in [0.1, 0.15) is 12.8 Å². The van der Waals surface area contributed by atoms with Gasteiger partial charge in [-0.25, -0.2) is 0 Å². The highest BCUT2D eigenvalue weighted by molar-refractivity contribution is 7.99. The van der Waals surface area contributed by atoms with E-state index in [1.807, 2.05) is 46.0 Å². The van der Waals surface area contributed by atoms with E-state index in [0.717, 1.165) is 18.0 Å². The standard InChI is InChI=1S/C21H23N7O3S2/c1-2-28-20(15-5-3-11-30-15)23-24-21(28)33-14-18(29)27-9-7-26(8-10-27)13-17-22-19(25-31-17)16-6-4-12-32-16/h3-6,11-12H,2,7-10,13-14H2,1H3. The number of rotatable bonds is 8. The fraction of sp³-hybridized carbons (Fsp3) is 0.381. The number of hydrogen-bond acceptors (Lipinski definition) is 10. The molecule has 5 heterocycles. The van der Waals surface area contributed by atoms with Gasteiger partial charge in [0.15, 0.2) is 16.7 Å². The molecule has 172 valence electrons. The summed E-state index contributed by atoms with van der Waals surface area (Å²) in [6.07, 6.45) is 1.61. The van der Waals surface area contributed by atoms with Crippen molar-refractivity contribution in [1.29, 1.82) is 0 Å². The zero-order chi connectivity index (χ0) is 22.6. The van der Waals surface area contributed by atoms with Gasteiger partial charge in [0.1, 0.15) is 0 Å². The van der Waals surface area contributed by atoms with Crippen LogP contribution >= 0.6 is 23.1 Å². The number of amides is 1. The molecular weight excluding hydrogens is 462 g/mol. The predicted molar refractivity (Wildman–Crippen MR) is 124 cm³/mol. The lowest BCUT2D eigenvalue weighted by molar-refractivity contribution is -0.130. The van der Waals surface area contributed by atoms with Crippen LogP contribution in [0.4, 0.5) is 0 Å². The van der Waals surface area contributed by atoms with Gasteiger partial charge in [0.2, 0.25) is 17.6 Å². The van der Waals surface area contributed by atoms with Gasteiger partial charge in [0.25, 0.3) is 0 Å². The number of nitrogens with zero attached hydrogens (tertiary/aromatic N) is 7. The number of carbonyl (C=O) groups is 1. The summed E-state index contributed by atoms with van der Waals surface area (Å²) in [5, 5.41) is 15.3. The van der Waals surface area contributed by atoms with Crippen LogP contribution in [0.15, 0.2) is 50.0 Å². The normalized spacial score (nSPS) is 14.8. The molecule has 33 heavy (non-hydrogen) atoms. The number of furan rings is 1. The molecule has 0 N–H and O–H groups in total. The van der Waals surface area contributed by atoms with Gasteiger partial charge in [0, 0.05) is 32.7 Å². The molecule has 5 rings (SSSR count). The first kappa shape index (κ1) is 21.9. The number of carbonyl (C=O) groups excluding carboxylic acids is 1. The van der Waals surface area contributed by atoms with E-state index in [-0.39, 0.29) is 5.91 Å². The second kappa shape index (κ2) is 9.89. The molecule has 1 fully saturated rings. The molecule has 1 aliphatic rings. The maximum absolute atomic E-state index is 12.8. The Labute approximate surface area is 198 Å². The molecule has 1 aliphatic heterocycles. The van der Waals surface area contributed by atoms with E-state index in [4.69, 9.17) is 8.94 Å². The Morgan fingerprint density at radius 3 is 2.79 bits per heavy atom. The maximum atomic E-state index is 12.8. The first-order chi connectivity index (χ1) is 16.2. The summed E-state index contributed by atoms with van der Waals surface area (Å²) in [6.45, 7) is 6.18. The molecule has 0 atom stereocenters. The van der Waals surface area contributed by atoms with Crippen LogP contribution in [0, 0.1) is 0 Å². The molecule has 10 nitrogen and oxygen atoms in total. The molecule has 0 spiro atoms. The molecule has 1 saturated heterocycles. The van der Waals surface area contributed by atoms with Crippen LogP contribution in [0.25, 0.3) is 22.3 Å². The number of thioether (sulfide) groups is 1. The zero-order valence-corrected chi connectivity index (χ0v) is 19.7. The minimum Gasteiger partial charge on any atom is -0.461 e. The van der Waals surface area contributed by atoms with Crippen molar-refractivity contribution in [1.82, 2.24) is 34.7 Å². The summed E-state index contributed by atoms with van der Waals surface area (Å²) in [6, 6.07) is 7.62. The molecule has 4 aromatic heterocycles. The average molecular weight is 486 g/mol. The summed E-state index contributed by atoms with van der Waals surface area (Å²) < 4.78 is 12.8. The minimum atomic E-state index is 0.0997. The number of hydrogen-bond donors (Lipinski definition) is 0. The van der Waals surface area contributed by atoms with Crippen molar-refractivity contribution in [3.05, 3.63) is 41.8 Å². The van der Waals surface area contributed by atoms with Crippen LogP contribution in [0.5, 0.6) is 0 Å². The molecular formula is C21H23N7O3S2. The molecule has 4 aromatic rings. The van der Waals surface area contributed by atoms with Crippen LogP contribution < -0.4 is 0 Å². The summed E-state index contributed by atoms with van der Waals surface area (Å²) in [7, 11) is 0. The topological polar surface area (TPSA) is 106 Å². The van der Waals surface area contributed by atoms with Gasteiger partial charge in [0.05, 0.1) is 23.4 Å². The van der Waals surface area contributed by atoms with Crippen LogP contribution in [0.3, 0.4) is 0 Å². The SMILES string of the molecule is CCn1c(SCC(=O)N2CCN(Cc3nc(-c4cccs4)no3)CC2)nnc1-c1ccco1. The fourth-order valence-electron chi connectivity index (χ4n) is 3.66. The average Bonchev–Trinajstić information content (AvgIpc) is 3.64. The van der Waals surface area contributed by atoms with Crippen molar-refractivity contribution >= 4 is 29.0 Å². The van der Waals surface area contributed by atoms with Crippen LogP contribution in [-0.2, 0) is 17.9 Å². The van der Waals surface area contributed by atoms with Crippen molar-refractivity contribution < 1.29 is 13.7 Å². The highest BCUT2D eigenvalue weighted by Gasteiger charge is 2.24. The second-order valence-corrected chi connectivity index (χ2v) is 9.35. The fourth-order valence-corrected chi connectivity index (χ4v) is 5.21. The van der Waals surface area contributed by atoms with Gasteiger partial charge in [-0.1, -0.05) is 23.0 Å². The second-order valence-electron chi connectivity index (χ2n) is 7.46. The zero-order valence-electron chi connectivity index (χ0n) is 18.1. The molecule has 0 aliphatic carbocycles. The van der Waals surface area contributed by atoms with E-state index in [9.17, 15) is 4.79 Å². The molecule has 0 radical (unpaired) electrons. The van der Waals surface area contributed by atoms with Crippen LogP contribution in [-0.4, -0.2) is 72.5 Å². The smallest absolute Gasteiger partial charge is 0.241 e. The maximum Gasteiger partial charge on any atom is 0.241 e. The Morgan fingerprint density at radius 2 is 2.06 bits per heavy atom. The lowest BCUT2D eigenvalue weighted by Crippen LogP contribution is -2.48. The van der Waals surface area contributed by atoms with E-state index in [0.29, 0.717) is 60.4 Å². The van der Waals surface area contributed by atoms with Crippen molar-refractivity contribution in [2.45, 2.75) is 25.2 Å². The van der Waals surface area contributed by atoms with Gasteiger partial charge >= 0.3 is 0 Å². The van der Waals surface area contributed by atoms with E-state index < -0.39 is 0 Å². The first-order valence-corrected chi connectivity index (χ1v) is 12.5. The van der Waals surface area contributed by atoms with E-state index in [1.54, 1.807) is 17.6 Å². The highest BCUT2D eigenvalue weighted by atomic mass is 32.2. The Bertz CT molecular complexity index is 1180. The molecule has 12 heteroatoms. The minimum absolute atomic E-state index is 0.0997. The summed E-state index contributed by atoms with van der Waals surface area (Å²) >= 11 is 2.99. The molecule has 0 saturated carbocycles. The number of piperazine rings is 1. The molecule has 0 unspecified atom stereocenters. The van der Waals surface area contributed by atoms with Crippen molar-refractivity contribution in [3.63, 3.8) is 0 Å². The molecule has 0 aromatic carbocycles. The molecule has 0 bridgehead atoms. The predicted octanol–water partition coefficient (Wildman–Crippen LogP) is 3.11. The largest absolute Gasteiger partial charge is 0.461 e. The van der Waals surface area contributed by atoms with E-state index >= 15 is 0 Å². The van der Waals surface area contributed by atoms with Gasteiger partial charge < -0.3 is 13.8 Å². The van der Waals surface area contributed by atoms with E-state index in [1.165, 1.54) is 11.8 Å². The highest BCUT2D eigenvalue weighted by Crippen LogP contribution is 2.25. The van der Waals surface area contributed by atoms with Crippen molar-refractivity contribution in [3.8, 4) is 22.3 Å². The lowest BCUT2D eigenvalue weighted by atomic mass is 10.3. The number of thiophene rings is 1. The van der Waals surface area contributed by atoms with Gasteiger partial charge in [-0.2, -0.15) is 4.98 Å².